The monoisotopic (exact) mass is 474 g/mol. The fraction of sp³-hybridized carbons (Fsp3) is 0.200. The normalized spacial score (nSPS) is 10.8. The molecule has 0 saturated carbocycles. The van der Waals surface area contributed by atoms with E-state index in [0.717, 1.165) is 27.9 Å². The maximum absolute atomic E-state index is 13.3. The summed E-state index contributed by atoms with van der Waals surface area (Å²) >= 11 is 1.20. The molecule has 2 N–H and O–H groups in total. The summed E-state index contributed by atoms with van der Waals surface area (Å²) in [6, 6.07) is 16.3. The molecule has 2 aromatic heterocycles. The van der Waals surface area contributed by atoms with Crippen molar-refractivity contribution in [1.82, 2.24) is 19.7 Å². The molecule has 9 heteroatoms. The van der Waals surface area contributed by atoms with Crippen LogP contribution in [0.25, 0.3) is 11.4 Å². The topological polar surface area (TPSA) is 99.4 Å². The van der Waals surface area contributed by atoms with Crippen molar-refractivity contribution in [3.63, 3.8) is 0 Å². The Labute approximate surface area is 201 Å². The molecule has 34 heavy (non-hydrogen) atoms. The lowest BCUT2D eigenvalue weighted by molar-refractivity contribution is -0.113. The molecular formula is C25H23FN6OS. The summed E-state index contributed by atoms with van der Waals surface area (Å²) in [5, 5.41) is 20.1. The molecule has 0 aliphatic rings. The summed E-state index contributed by atoms with van der Waals surface area (Å²) in [6.45, 7) is 6.16. The van der Waals surface area contributed by atoms with Crippen LogP contribution in [0.1, 0.15) is 27.9 Å². The number of carbonyl (C=O) groups is 1. The van der Waals surface area contributed by atoms with Gasteiger partial charge in [-0.2, -0.15) is 5.26 Å². The van der Waals surface area contributed by atoms with E-state index in [9.17, 15) is 14.4 Å². The van der Waals surface area contributed by atoms with Crippen molar-refractivity contribution >= 4 is 23.5 Å². The van der Waals surface area contributed by atoms with E-state index in [1.807, 2.05) is 49.6 Å². The van der Waals surface area contributed by atoms with E-state index in [1.165, 1.54) is 23.9 Å². The van der Waals surface area contributed by atoms with E-state index in [0.29, 0.717) is 28.9 Å². The zero-order valence-electron chi connectivity index (χ0n) is 19.0. The van der Waals surface area contributed by atoms with Crippen LogP contribution in [-0.4, -0.2) is 31.4 Å². The number of nitrogens with one attached hydrogen (secondary N) is 2. The maximum atomic E-state index is 13.3. The second kappa shape index (κ2) is 9.93. The minimum atomic E-state index is -0.315. The van der Waals surface area contributed by atoms with Crippen LogP contribution < -0.4 is 5.32 Å². The molecule has 1 amide bonds. The van der Waals surface area contributed by atoms with Crippen LogP contribution in [-0.2, 0) is 11.3 Å². The minimum absolute atomic E-state index is 0.0792. The summed E-state index contributed by atoms with van der Waals surface area (Å²) in [5.74, 6) is 0.554. The van der Waals surface area contributed by atoms with E-state index < -0.39 is 0 Å². The molecular weight excluding hydrogens is 451 g/mol. The first-order chi connectivity index (χ1) is 16.4. The summed E-state index contributed by atoms with van der Waals surface area (Å²) in [5.41, 5.74) is 5.00. The Morgan fingerprint density at radius 2 is 1.85 bits per heavy atom. The zero-order chi connectivity index (χ0) is 24.2. The molecule has 172 valence electrons. The number of amides is 1. The Morgan fingerprint density at radius 1 is 1.15 bits per heavy atom. The summed E-state index contributed by atoms with van der Waals surface area (Å²) in [4.78, 5) is 17.2. The average Bonchev–Trinajstić information content (AvgIpc) is 3.38. The fourth-order valence-corrected chi connectivity index (χ4v) is 4.15. The predicted molar refractivity (Wildman–Crippen MR) is 130 cm³/mol. The molecule has 0 spiro atoms. The molecule has 0 fully saturated rings. The van der Waals surface area contributed by atoms with Gasteiger partial charge < -0.3 is 9.88 Å². The molecule has 4 aromatic rings. The van der Waals surface area contributed by atoms with Crippen molar-refractivity contribution in [1.29, 1.82) is 5.26 Å². The van der Waals surface area contributed by atoms with Crippen molar-refractivity contribution in [3.8, 4) is 17.5 Å². The zero-order valence-corrected chi connectivity index (χ0v) is 19.8. The first-order valence-electron chi connectivity index (χ1n) is 10.6. The summed E-state index contributed by atoms with van der Waals surface area (Å²) < 4.78 is 15.2. The predicted octanol–water partition coefficient (Wildman–Crippen LogP) is 4.99. The van der Waals surface area contributed by atoms with Gasteiger partial charge in [0.05, 0.1) is 11.3 Å². The first-order valence-corrected chi connectivity index (χ1v) is 11.6. The highest BCUT2D eigenvalue weighted by molar-refractivity contribution is 7.99. The van der Waals surface area contributed by atoms with Gasteiger partial charge in [-0.1, -0.05) is 53.7 Å². The van der Waals surface area contributed by atoms with E-state index in [-0.39, 0.29) is 17.5 Å². The molecule has 0 atom stereocenters. The van der Waals surface area contributed by atoms with Gasteiger partial charge in [-0.15, -0.1) is 5.10 Å². The Bertz CT molecular complexity index is 1370. The van der Waals surface area contributed by atoms with E-state index in [1.54, 1.807) is 12.1 Å². The molecule has 0 radical (unpaired) electrons. The molecule has 2 aromatic carbocycles. The molecule has 0 unspecified atom stereocenters. The third-order valence-electron chi connectivity index (χ3n) is 5.58. The number of thioether (sulfide) groups is 1. The Morgan fingerprint density at radius 3 is 2.53 bits per heavy atom. The lowest BCUT2D eigenvalue weighted by atomic mass is 10.1. The number of carbonyl (C=O) groups excluding carboxylic acids is 1. The van der Waals surface area contributed by atoms with Crippen molar-refractivity contribution in [2.75, 3.05) is 11.1 Å². The second-order valence-electron chi connectivity index (χ2n) is 7.93. The lowest BCUT2D eigenvalue weighted by Crippen LogP contribution is -2.18. The number of benzene rings is 2. The third-order valence-corrected chi connectivity index (χ3v) is 6.42. The van der Waals surface area contributed by atoms with E-state index in [4.69, 9.17) is 0 Å². The van der Waals surface area contributed by atoms with Gasteiger partial charge in [-0.05, 0) is 44.0 Å². The second-order valence-corrected chi connectivity index (χ2v) is 8.87. The molecule has 0 aliphatic heterocycles. The lowest BCUT2D eigenvalue weighted by Gasteiger charge is -2.13. The Balaban J connectivity index is 1.47. The number of hydrogen-bond donors (Lipinski definition) is 2. The average molecular weight is 475 g/mol. The van der Waals surface area contributed by atoms with Gasteiger partial charge in [0.25, 0.3) is 0 Å². The number of H-pyrrole nitrogens is 1. The van der Waals surface area contributed by atoms with Gasteiger partial charge in [0, 0.05) is 17.8 Å². The Hall–Kier alpha value is -3.90. The van der Waals surface area contributed by atoms with Crippen molar-refractivity contribution in [3.05, 3.63) is 82.3 Å². The molecule has 0 bridgehead atoms. The van der Waals surface area contributed by atoms with Gasteiger partial charge in [0.2, 0.25) is 11.1 Å². The van der Waals surface area contributed by atoms with Crippen LogP contribution in [0.4, 0.5) is 10.2 Å². The van der Waals surface area contributed by atoms with E-state index >= 15 is 0 Å². The number of nitriles is 1. The number of aryl methyl sites for hydroxylation is 1. The van der Waals surface area contributed by atoms with Crippen LogP contribution in [0.5, 0.6) is 0 Å². The highest BCUT2D eigenvalue weighted by Crippen LogP contribution is 2.28. The number of aromatic amines is 1. The smallest absolute Gasteiger partial charge is 0.235 e. The number of hydrogen-bond acceptors (Lipinski definition) is 5. The summed E-state index contributed by atoms with van der Waals surface area (Å²) in [6.07, 6.45) is 0. The fourth-order valence-electron chi connectivity index (χ4n) is 3.55. The van der Waals surface area contributed by atoms with Crippen LogP contribution in [0.2, 0.25) is 0 Å². The molecule has 4 rings (SSSR count). The number of halogens is 1. The highest BCUT2D eigenvalue weighted by atomic mass is 32.2. The standard InChI is InChI=1S/C25H23FN6OS/c1-15-4-8-19(9-5-15)23-29-25(31-30-23)34-14-22(33)28-24-21(12-27)16(2)17(3)32(24)13-18-6-10-20(26)11-7-18/h4-11H,13-14H2,1-3H3,(H,28,33)(H,29,30,31). The van der Waals surface area contributed by atoms with Crippen LogP contribution in [0, 0.1) is 37.9 Å². The quantitative estimate of drug-likeness (QED) is 0.368. The van der Waals surface area contributed by atoms with Gasteiger partial charge in [-0.3, -0.25) is 9.89 Å². The number of rotatable bonds is 7. The largest absolute Gasteiger partial charge is 0.326 e. The van der Waals surface area contributed by atoms with Crippen LogP contribution >= 0.6 is 11.8 Å². The van der Waals surface area contributed by atoms with Crippen LogP contribution in [0.3, 0.4) is 0 Å². The van der Waals surface area contributed by atoms with Crippen LogP contribution in [0.15, 0.2) is 53.7 Å². The van der Waals surface area contributed by atoms with Gasteiger partial charge in [0.15, 0.2) is 5.82 Å². The van der Waals surface area contributed by atoms with E-state index in [2.05, 4.69) is 26.6 Å². The van der Waals surface area contributed by atoms with Gasteiger partial charge in [-0.25, -0.2) is 9.37 Å². The highest BCUT2D eigenvalue weighted by Gasteiger charge is 2.20. The molecule has 0 aliphatic carbocycles. The number of nitrogens with zero attached hydrogens (tertiary/aromatic N) is 4. The van der Waals surface area contributed by atoms with Crippen molar-refractivity contribution < 1.29 is 9.18 Å². The third kappa shape index (κ3) is 5.02. The van der Waals surface area contributed by atoms with Gasteiger partial charge >= 0.3 is 0 Å². The maximum Gasteiger partial charge on any atom is 0.235 e. The molecule has 7 nitrogen and oxygen atoms in total. The molecule has 0 saturated heterocycles. The van der Waals surface area contributed by atoms with Crippen molar-refractivity contribution in [2.45, 2.75) is 32.5 Å². The number of anilines is 1. The SMILES string of the molecule is Cc1ccc(-c2nc(SCC(=O)Nc3c(C#N)c(C)c(C)n3Cc3ccc(F)cc3)n[nH]2)cc1. The minimum Gasteiger partial charge on any atom is -0.326 e. The van der Waals surface area contributed by atoms with Crippen molar-refractivity contribution in [2.24, 2.45) is 0 Å². The van der Waals surface area contributed by atoms with Gasteiger partial charge in [0.1, 0.15) is 17.7 Å². The first kappa shape index (κ1) is 23.3. The Kier molecular flexibility index (Phi) is 6.80. The molecule has 2 heterocycles. The number of aromatic nitrogens is 4. The summed E-state index contributed by atoms with van der Waals surface area (Å²) in [7, 11) is 0.